The molecule has 12 nitrogen and oxygen atoms in total. The Hall–Kier alpha value is -4.66. The zero-order valence-corrected chi connectivity index (χ0v) is 23.6. The topological polar surface area (TPSA) is 162 Å². The van der Waals surface area contributed by atoms with Crippen molar-refractivity contribution in [2.45, 2.75) is 59.0 Å². The van der Waals surface area contributed by atoms with Crippen molar-refractivity contribution in [3.63, 3.8) is 0 Å². The highest BCUT2D eigenvalue weighted by molar-refractivity contribution is 6.02. The van der Waals surface area contributed by atoms with Gasteiger partial charge in [0.05, 0.1) is 6.61 Å². The van der Waals surface area contributed by atoms with Gasteiger partial charge in [-0.1, -0.05) is 32.0 Å². The summed E-state index contributed by atoms with van der Waals surface area (Å²) < 4.78 is 11.3. The summed E-state index contributed by atoms with van der Waals surface area (Å²) >= 11 is 0. The number of carbonyl (C=O) groups excluding carboxylic acids is 4. The van der Waals surface area contributed by atoms with E-state index in [4.69, 9.17) is 15.7 Å². The summed E-state index contributed by atoms with van der Waals surface area (Å²) in [7, 11) is 0. The molecule has 0 radical (unpaired) electrons. The number of hydrogen-bond donors (Lipinski definition) is 3. The second-order valence-corrected chi connectivity index (χ2v) is 11.0. The first-order chi connectivity index (χ1) is 19.4. The first-order valence-electron chi connectivity index (χ1n) is 13.2. The van der Waals surface area contributed by atoms with E-state index in [0.717, 1.165) is 4.57 Å². The lowest BCUT2D eigenvalue weighted by molar-refractivity contribution is -0.140. The van der Waals surface area contributed by atoms with Crippen molar-refractivity contribution in [2.75, 3.05) is 18.5 Å². The van der Waals surface area contributed by atoms with Crippen molar-refractivity contribution < 1.29 is 28.4 Å². The van der Waals surface area contributed by atoms with Crippen LogP contribution in [0, 0.1) is 30.6 Å². The van der Waals surface area contributed by atoms with Crippen LogP contribution in [0.1, 0.15) is 62.3 Å². The van der Waals surface area contributed by atoms with E-state index in [0.29, 0.717) is 18.7 Å². The fourth-order valence-electron chi connectivity index (χ4n) is 4.11. The van der Waals surface area contributed by atoms with Crippen molar-refractivity contribution in [1.82, 2.24) is 20.4 Å². The van der Waals surface area contributed by atoms with Crippen LogP contribution in [-0.2, 0) is 19.1 Å². The second-order valence-electron chi connectivity index (χ2n) is 11.0. The molecule has 1 aliphatic rings. The quantitative estimate of drug-likeness (QED) is 0.212. The van der Waals surface area contributed by atoms with E-state index in [2.05, 4.69) is 27.0 Å². The Kier molecular flexibility index (Phi) is 10.2. The lowest BCUT2D eigenvalue weighted by Crippen LogP contribution is -2.43. The molecular formula is C29H35N5O7. The van der Waals surface area contributed by atoms with Gasteiger partial charge in [-0.3, -0.25) is 19.2 Å². The number of anilines is 1. The molecule has 2 aromatic heterocycles. The van der Waals surface area contributed by atoms with Gasteiger partial charge in [-0.05, 0) is 37.3 Å². The molecule has 1 aliphatic heterocycles. The molecule has 0 bridgehead atoms. The number of carbonyl (C=O) groups is 4. The van der Waals surface area contributed by atoms with E-state index >= 15 is 0 Å². The lowest BCUT2D eigenvalue weighted by Gasteiger charge is -2.23. The van der Waals surface area contributed by atoms with Gasteiger partial charge in [0.15, 0.2) is 5.69 Å². The summed E-state index contributed by atoms with van der Waals surface area (Å²) in [6, 6.07) is 2.44. The third-order valence-corrected chi connectivity index (χ3v) is 6.17. The van der Waals surface area contributed by atoms with Crippen LogP contribution in [0.5, 0.6) is 0 Å². The first-order valence-corrected chi connectivity index (χ1v) is 13.2. The van der Waals surface area contributed by atoms with Crippen LogP contribution in [-0.4, -0.2) is 52.6 Å². The van der Waals surface area contributed by atoms with Crippen LogP contribution < -0.4 is 21.5 Å². The highest BCUT2D eigenvalue weighted by atomic mass is 16.5. The number of rotatable bonds is 11. The van der Waals surface area contributed by atoms with Gasteiger partial charge in [-0.25, -0.2) is 4.79 Å². The molecule has 0 spiro atoms. The minimum Gasteiger partial charge on any atom is -0.462 e. The highest BCUT2D eigenvalue weighted by Gasteiger charge is 2.29. The number of amides is 3. The molecule has 3 heterocycles. The van der Waals surface area contributed by atoms with Crippen LogP contribution in [0.2, 0.25) is 0 Å². The number of esters is 1. The normalized spacial score (nSPS) is 16.5. The molecule has 1 saturated heterocycles. The predicted molar refractivity (Wildman–Crippen MR) is 150 cm³/mol. The minimum absolute atomic E-state index is 0.0122. The summed E-state index contributed by atoms with van der Waals surface area (Å²) in [5, 5.41) is 11.7. The van der Waals surface area contributed by atoms with Gasteiger partial charge >= 0.3 is 5.97 Å². The highest BCUT2D eigenvalue weighted by Crippen LogP contribution is 2.19. The monoisotopic (exact) mass is 565 g/mol. The van der Waals surface area contributed by atoms with E-state index in [1.165, 1.54) is 36.5 Å². The molecule has 0 unspecified atom stereocenters. The van der Waals surface area contributed by atoms with Crippen molar-refractivity contribution in [1.29, 1.82) is 0 Å². The Morgan fingerprint density at radius 3 is 2.71 bits per heavy atom. The van der Waals surface area contributed by atoms with Gasteiger partial charge < -0.3 is 29.8 Å². The summed E-state index contributed by atoms with van der Waals surface area (Å²) in [4.78, 5) is 63.8. The first kappa shape index (κ1) is 30.9. The smallest absolute Gasteiger partial charge is 0.330 e. The number of ether oxygens (including phenoxy) is 1. The lowest BCUT2D eigenvalue weighted by atomic mass is 9.97. The van der Waals surface area contributed by atoms with Crippen LogP contribution in [0.3, 0.4) is 0 Å². The number of hydrogen-bond acceptors (Lipinski definition) is 8. The molecule has 41 heavy (non-hydrogen) atoms. The summed E-state index contributed by atoms with van der Waals surface area (Å²) in [5.74, 6) is 0.474. The van der Waals surface area contributed by atoms with Gasteiger partial charge in [-0.2, -0.15) is 0 Å². The molecule has 0 aromatic carbocycles. The maximum absolute atomic E-state index is 13.5. The van der Waals surface area contributed by atoms with Gasteiger partial charge in [0.2, 0.25) is 11.8 Å². The van der Waals surface area contributed by atoms with Crippen LogP contribution in [0.4, 0.5) is 5.69 Å². The van der Waals surface area contributed by atoms with Crippen molar-refractivity contribution >= 4 is 29.4 Å². The zero-order valence-electron chi connectivity index (χ0n) is 23.6. The Morgan fingerprint density at radius 2 is 2.10 bits per heavy atom. The van der Waals surface area contributed by atoms with E-state index in [-0.39, 0.29) is 48.1 Å². The van der Waals surface area contributed by atoms with E-state index in [9.17, 15) is 24.0 Å². The van der Waals surface area contributed by atoms with Crippen molar-refractivity contribution in [3.05, 3.63) is 58.4 Å². The molecule has 0 saturated carbocycles. The molecule has 3 amide bonds. The Bertz CT molecular complexity index is 1410. The van der Waals surface area contributed by atoms with E-state index < -0.39 is 35.4 Å². The molecule has 3 N–H and O–H groups in total. The number of nitrogens with zero attached hydrogens (tertiary/aromatic N) is 2. The van der Waals surface area contributed by atoms with Gasteiger partial charge in [-0.15, -0.1) is 12.3 Å². The Balaban J connectivity index is 1.81. The largest absolute Gasteiger partial charge is 0.462 e. The number of aryl methyl sites for hydroxylation is 1. The average molecular weight is 566 g/mol. The van der Waals surface area contributed by atoms with Gasteiger partial charge in [0, 0.05) is 43.3 Å². The Morgan fingerprint density at radius 1 is 1.34 bits per heavy atom. The average Bonchev–Trinajstić information content (AvgIpc) is 3.53. The van der Waals surface area contributed by atoms with E-state index in [1.807, 2.05) is 20.8 Å². The fourth-order valence-corrected chi connectivity index (χ4v) is 4.11. The van der Waals surface area contributed by atoms with Crippen LogP contribution in [0.25, 0.3) is 0 Å². The molecule has 12 heteroatoms. The molecule has 3 rings (SSSR count). The summed E-state index contributed by atoms with van der Waals surface area (Å²) in [5.41, 5.74) is -0.989. The van der Waals surface area contributed by atoms with Gasteiger partial charge in [0.25, 0.3) is 11.5 Å². The molecule has 0 aliphatic carbocycles. The number of nitrogens with one attached hydrogen (secondary N) is 3. The second kappa shape index (κ2) is 13.6. The van der Waals surface area contributed by atoms with Gasteiger partial charge in [0.1, 0.15) is 17.5 Å². The standard InChI is InChI=1S/C29H35N5O7/c1-6-8-23(34-14-7-9-21(28(34)39)32-26(37)22-15-18(2)41-33-22)27(38)31-20(16-19-12-13-30-25(19)36)10-11-24(35)40-17-29(3,4)5/h1,7,9-11,14-15,19-20,23H,8,12-13,16-17H2,2-5H3,(H,30,36)(H,31,38)(H,32,37)/b11-10+/t19-,20+,23-/m0/s1. The minimum atomic E-state index is -1.14. The van der Waals surface area contributed by atoms with Crippen LogP contribution in [0.15, 0.2) is 45.9 Å². The summed E-state index contributed by atoms with van der Waals surface area (Å²) in [6.45, 7) is 8.12. The maximum Gasteiger partial charge on any atom is 0.330 e. The number of pyridine rings is 1. The number of aromatic nitrogens is 2. The van der Waals surface area contributed by atoms with E-state index in [1.54, 1.807) is 6.92 Å². The molecular weight excluding hydrogens is 530 g/mol. The Labute approximate surface area is 237 Å². The fraction of sp³-hybridized carbons (Fsp3) is 0.448. The molecule has 1 fully saturated rings. The SMILES string of the molecule is C#CC[C@@H](C(=O)N[C@H](/C=C/C(=O)OCC(C)(C)C)C[C@@H]1CCNC1=O)n1cccc(NC(=O)c2cc(C)on2)c1=O. The third-order valence-electron chi connectivity index (χ3n) is 6.17. The third kappa shape index (κ3) is 8.93. The maximum atomic E-state index is 13.5. The van der Waals surface area contributed by atoms with Crippen molar-refractivity contribution in [3.8, 4) is 12.3 Å². The zero-order chi connectivity index (χ0) is 30.2. The summed E-state index contributed by atoms with van der Waals surface area (Å²) in [6.07, 6.45) is 10.3. The van der Waals surface area contributed by atoms with Crippen molar-refractivity contribution in [2.24, 2.45) is 11.3 Å². The molecule has 218 valence electrons. The van der Waals surface area contributed by atoms with Crippen LogP contribution >= 0.6 is 0 Å². The molecule has 2 aromatic rings. The molecule has 3 atom stereocenters. The number of terminal acetylenes is 1. The predicted octanol–water partition coefficient (Wildman–Crippen LogP) is 2.12.